The van der Waals surface area contributed by atoms with Crippen LogP contribution in [0.5, 0.6) is 5.75 Å². The zero-order valence-corrected chi connectivity index (χ0v) is 11.5. The highest BCUT2D eigenvalue weighted by atomic mass is 16.5. The molecular weight excluding hydrogens is 248 g/mol. The summed E-state index contributed by atoms with van der Waals surface area (Å²) in [6.07, 6.45) is 0.912. The Kier molecular flexibility index (Phi) is 4.75. The van der Waals surface area contributed by atoms with E-state index in [4.69, 9.17) is 15.7 Å². The number of ether oxygens (including phenoxy) is 1. The maximum atomic E-state index is 9.02. The number of nitrogens with two attached hydrogens (primary N) is 1. The molecule has 0 bridgehead atoms. The van der Waals surface area contributed by atoms with E-state index in [-0.39, 0.29) is 6.04 Å². The van der Waals surface area contributed by atoms with Crippen LogP contribution < -0.4 is 10.5 Å². The number of nitriles is 1. The highest BCUT2D eigenvalue weighted by Gasteiger charge is 2.04. The molecule has 0 saturated heterocycles. The number of hydrogen-bond donors (Lipinski definition) is 1. The minimum Gasteiger partial charge on any atom is -0.489 e. The Morgan fingerprint density at radius 2 is 1.85 bits per heavy atom. The molecule has 0 aliphatic rings. The lowest BCUT2D eigenvalue weighted by molar-refractivity contribution is 0.306. The monoisotopic (exact) mass is 266 g/mol. The van der Waals surface area contributed by atoms with Crippen LogP contribution in [0.25, 0.3) is 0 Å². The standard InChI is InChI=1S/C17H18N2O/c1-2-17(19)13-7-9-16(10-8-13)20-12-15-6-4-3-5-14(15)11-18/h3-10,17H,2,12,19H2,1H3/t17-/m1/s1. The number of nitrogens with zero attached hydrogens (tertiary/aromatic N) is 1. The SMILES string of the molecule is CC[C@@H](N)c1ccc(OCc2ccccc2C#N)cc1. The Morgan fingerprint density at radius 1 is 1.15 bits per heavy atom. The van der Waals surface area contributed by atoms with Crippen molar-refractivity contribution < 1.29 is 4.74 Å². The first-order chi connectivity index (χ1) is 9.74. The van der Waals surface area contributed by atoms with Gasteiger partial charge in [0.15, 0.2) is 0 Å². The fourth-order valence-electron chi connectivity index (χ4n) is 1.96. The summed E-state index contributed by atoms with van der Waals surface area (Å²) >= 11 is 0. The van der Waals surface area contributed by atoms with Crippen molar-refractivity contribution in [3.63, 3.8) is 0 Å². The second-order valence-electron chi connectivity index (χ2n) is 4.64. The van der Waals surface area contributed by atoms with Gasteiger partial charge in [-0.2, -0.15) is 5.26 Å². The van der Waals surface area contributed by atoms with E-state index in [2.05, 4.69) is 13.0 Å². The second-order valence-corrected chi connectivity index (χ2v) is 4.64. The molecule has 3 nitrogen and oxygen atoms in total. The van der Waals surface area contributed by atoms with Gasteiger partial charge in [0.25, 0.3) is 0 Å². The third kappa shape index (κ3) is 3.37. The summed E-state index contributed by atoms with van der Waals surface area (Å²) in [5.74, 6) is 0.782. The largest absolute Gasteiger partial charge is 0.489 e. The van der Waals surface area contributed by atoms with Crippen LogP contribution in [-0.2, 0) is 6.61 Å². The topological polar surface area (TPSA) is 59.0 Å². The van der Waals surface area contributed by atoms with Gasteiger partial charge in [-0.1, -0.05) is 37.3 Å². The van der Waals surface area contributed by atoms with Gasteiger partial charge in [0.1, 0.15) is 12.4 Å². The van der Waals surface area contributed by atoms with Gasteiger partial charge in [0.2, 0.25) is 0 Å². The Hall–Kier alpha value is -2.31. The maximum absolute atomic E-state index is 9.02. The van der Waals surface area contributed by atoms with Crippen molar-refractivity contribution >= 4 is 0 Å². The van der Waals surface area contributed by atoms with Crippen LogP contribution in [0, 0.1) is 11.3 Å². The van der Waals surface area contributed by atoms with Crippen LogP contribution >= 0.6 is 0 Å². The molecule has 0 fully saturated rings. The van der Waals surface area contributed by atoms with Crippen molar-refractivity contribution in [2.75, 3.05) is 0 Å². The summed E-state index contributed by atoms with van der Waals surface area (Å²) in [6.45, 7) is 2.46. The molecule has 2 aromatic rings. The predicted molar refractivity (Wildman–Crippen MR) is 79.2 cm³/mol. The zero-order valence-electron chi connectivity index (χ0n) is 11.5. The molecule has 0 saturated carbocycles. The summed E-state index contributed by atoms with van der Waals surface area (Å²) in [5.41, 5.74) is 8.62. The van der Waals surface area contributed by atoms with Crippen LogP contribution in [-0.4, -0.2) is 0 Å². The van der Waals surface area contributed by atoms with Gasteiger partial charge in [-0.05, 0) is 30.2 Å². The lowest BCUT2D eigenvalue weighted by atomic mass is 10.1. The van der Waals surface area contributed by atoms with E-state index in [0.717, 1.165) is 23.3 Å². The van der Waals surface area contributed by atoms with Gasteiger partial charge in [-0.3, -0.25) is 0 Å². The second kappa shape index (κ2) is 6.74. The van der Waals surface area contributed by atoms with Gasteiger partial charge < -0.3 is 10.5 Å². The Bertz CT molecular complexity index is 599. The number of rotatable bonds is 5. The molecule has 2 aromatic carbocycles. The Morgan fingerprint density at radius 3 is 2.50 bits per heavy atom. The molecule has 3 heteroatoms. The van der Waals surface area contributed by atoms with Crippen molar-refractivity contribution in [2.45, 2.75) is 26.0 Å². The average molecular weight is 266 g/mol. The van der Waals surface area contributed by atoms with Crippen molar-refractivity contribution in [1.29, 1.82) is 5.26 Å². The van der Waals surface area contributed by atoms with E-state index in [1.807, 2.05) is 42.5 Å². The first kappa shape index (κ1) is 14.1. The van der Waals surface area contributed by atoms with Gasteiger partial charge in [-0.15, -0.1) is 0 Å². The van der Waals surface area contributed by atoms with E-state index in [9.17, 15) is 0 Å². The van der Waals surface area contributed by atoms with E-state index < -0.39 is 0 Å². The van der Waals surface area contributed by atoms with E-state index in [0.29, 0.717) is 12.2 Å². The third-order valence-electron chi connectivity index (χ3n) is 3.28. The van der Waals surface area contributed by atoms with Crippen molar-refractivity contribution in [3.8, 4) is 11.8 Å². The summed E-state index contributed by atoms with van der Waals surface area (Å²) in [7, 11) is 0. The van der Waals surface area contributed by atoms with Crippen LogP contribution in [0.1, 0.15) is 36.1 Å². The molecule has 20 heavy (non-hydrogen) atoms. The molecule has 2 N–H and O–H groups in total. The summed E-state index contributed by atoms with van der Waals surface area (Å²) in [6, 6.07) is 17.5. The molecule has 2 rings (SSSR count). The molecule has 0 aliphatic heterocycles. The molecule has 0 aromatic heterocycles. The van der Waals surface area contributed by atoms with Gasteiger partial charge in [0, 0.05) is 11.6 Å². The molecule has 102 valence electrons. The highest BCUT2D eigenvalue weighted by molar-refractivity contribution is 5.37. The van der Waals surface area contributed by atoms with Gasteiger partial charge >= 0.3 is 0 Å². The molecule has 0 heterocycles. The first-order valence-electron chi connectivity index (χ1n) is 6.71. The molecule has 0 spiro atoms. The fraction of sp³-hybridized carbons (Fsp3) is 0.235. The first-order valence-corrected chi connectivity index (χ1v) is 6.71. The van der Waals surface area contributed by atoms with Crippen molar-refractivity contribution in [2.24, 2.45) is 5.73 Å². The molecule has 0 amide bonds. The molecule has 0 unspecified atom stereocenters. The lowest BCUT2D eigenvalue weighted by Crippen LogP contribution is -2.08. The zero-order chi connectivity index (χ0) is 14.4. The van der Waals surface area contributed by atoms with E-state index >= 15 is 0 Å². The lowest BCUT2D eigenvalue weighted by Gasteiger charge is -2.11. The van der Waals surface area contributed by atoms with Crippen molar-refractivity contribution in [1.82, 2.24) is 0 Å². The minimum absolute atomic E-state index is 0.0726. The van der Waals surface area contributed by atoms with Crippen molar-refractivity contribution in [3.05, 3.63) is 65.2 Å². The molecule has 0 radical (unpaired) electrons. The molecular formula is C17H18N2O. The smallest absolute Gasteiger partial charge is 0.119 e. The number of benzene rings is 2. The van der Waals surface area contributed by atoms with Crippen LogP contribution in [0.3, 0.4) is 0 Å². The highest BCUT2D eigenvalue weighted by Crippen LogP contribution is 2.19. The normalized spacial score (nSPS) is 11.7. The van der Waals surface area contributed by atoms with Crippen LogP contribution in [0.2, 0.25) is 0 Å². The van der Waals surface area contributed by atoms with Crippen LogP contribution in [0.4, 0.5) is 0 Å². The van der Waals surface area contributed by atoms with Gasteiger partial charge in [0.05, 0.1) is 11.6 Å². The summed E-state index contributed by atoms with van der Waals surface area (Å²) in [5, 5.41) is 9.02. The van der Waals surface area contributed by atoms with E-state index in [1.165, 1.54) is 0 Å². The maximum Gasteiger partial charge on any atom is 0.119 e. The summed E-state index contributed by atoms with van der Waals surface area (Å²) in [4.78, 5) is 0. The molecule has 1 atom stereocenters. The Balaban J connectivity index is 2.03. The van der Waals surface area contributed by atoms with Crippen LogP contribution in [0.15, 0.2) is 48.5 Å². The quantitative estimate of drug-likeness (QED) is 0.900. The summed E-state index contributed by atoms with van der Waals surface area (Å²) < 4.78 is 5.71. The van der Waals surface area contributed by atoms with E-state index in [1.54, 1.807) is 6.07 Å². The predicted octanol–water partition coefficient (Wildman–Crippen LogP) is 3.55. The minimum atomic E-state index is 0.0726. The number of hydrogen-bond acceptors (Lipinski definition) is 3. The Labute approximate surface area is 119 Å². The third-order valence-corrected chi connectivity index (χ3v) is 3.28. The average Bonchev–Trinajstić information content (AvgIpc) is 2.53. The van der Waals surface area contributed by atoms with Gasteiger partial charge in [-0.25, -0.2) is 0 Å². The fourth-order valence-corrected chi connectivity index (χ4v) is 1.96. The molecule has 0 aliphatic carbocycles.